The summed E-state index contributed by atoms with van der Waals surface area (Å²) in [6, 6.07) is 11.3. The van der Waals surface area contributed by atoms with E-state index in [0.29, 0.717) is 12.3 Å². The van der Waals surface area contributed by atoms with Crippen molar-refractivity contribution in [2.24, 2.45) is 4.99 Å². The molecule has 0 bridgehead atoms. The van der Waals surface area contributed by atoms with Gasteiger partial charge >= 0.3 is 0 Å². The van der Waals surface area contributed by atoms with Crippen LogP contribution in [0.5, 0.6) is 5.75 Å². The van der Waals surface area contributed by atoms with E-state index in [9.17, 15) is 5.11 Å². The number of aromatic hydroxyl groups is 1. The van der Waals surface area contributed by atoms with Gasteiger partial charge in [0.25, 0.3) is 0 Å². The quantitative estimate of drug-likeness (QED) is 0.435. The van der Waals surface area contributed by atoms with Crippen molar-refractivity contribution < 1.29 is 9.52 Å². The molecule has 1 fully saturated rings. The lowest BCUT2D eigenvalue weighted by molar-refractivity contribution is 0.367. The molecule has 2 N–H and O–H groups in total. The Balaban J connectivity index is 0.00000208. The van der Waals surface area contributed by atoms with Crippen molar-refractivity contribution in [2.75, 3.05) is 38.1 Å². The van der Waals surface area contributed by atoms with E-state index < -0.39 is 0 Å². The molecule has 1 aromatic heterocycles. The van der Waals surface area contributed by atoms with Crippen LogP contribution in [0.25, 0.3) is 0 Å². The second-order valence-electron chi connectivity index (χ2n) is 5.44. The molecule has 130 valence electrons. The van der Waals surface area contributed by atoms with Gasteiger partial charge in [0.15, 0.2) is 5.96 Å². The van der Waals surface area contributed by atoms with Crippen LogP contribution >= 0.6 is 24.0 Å². The Bertz CT molecular complexity index is 652. The Hall–Kier alpha value is -1.90. The molecule has 0 radical (unpaired) electrons. The first-order valence-corrected chi connectivity index (χ1v) is 7.79. The first kappa shape index (κ1) is 18.4. The number of aliphatic imine (C=N–C) groups is 1. The van der Waals surface area contributed by atoms with Gasteiger partial charge in [0.1, 0.15) is 11.5 Å². The van der Waals surface area contributed by atoms with Crippen LogP contribution in [0.4, 0.5) is 5.69 Å². The number of hydrogen-bond donors (Lipinski definition) is 2. The van der Waals surface area contributed by atoms with Gasteiger partial charge in [0, 0.05) is 33.2 Å². The maximum Gasteiger partial charge on any atom is 0.194 e. The molecular formula is C17H23IN4O2. The molecule has 1 aliphatic rings. The van der Waals surface area contributed by atoms with Crippen LogP contribution in [-0.4, -0.2) is 49.2 Å². The number of hydrogen-bond acceptors (Lipinski definition) is 4. The summed E-state index contributed by atoms with van der Waals surface area (Å²) >= 11 is 0. The van der Waals surface area contributed by atoms with Crippen molar-refractivity contribution in [3.8, 4) is 5.75 Å². The number of nitrogens with one attached hydrogen (secondary N) is 1. The number of phenols is 1. The van der Waals surface area contributed by atoms with Crippen molar-refractivity contribution in [3.63, 3.8) is 0 Å². The van der Waals surface area contributed by atoms with Gasteiger partial charge in [-0.3, -0.25) is 4.99 Å². The van der Waals surface area contributed by atoms with Gasteiger partial charge in [-0.25, -0.2) is 0 Å². The van der Waals surface area contributed by atoms with Crippen LogP contribution in [-0.2, 0) is 6.54 Å². The third kappa shape index (κ3) is 4.34. The summed E-state index contributed by atoms with van der Waals surface area (Å²) < 4.78 is 5.33. The summed E-state index contributed by atoms with van der Waals surface area (Å²) in [6.07, 6.45) is 1.67. The molecule has 2 heterocycles. The van der Waals surface area contributed by atoms with Crippen molar-refractivity contribution in [1.29, 1.82) is 0 Å². The summed E-state index contributed by atoms with van der Waals surface area (Å²) in [4.78, 5) is 8.77. The highest BCUT2D eigenvalue weighted by Gasteiger charge is 2.21. The van der Waals surface area contributed by atoms with Gasteiger partial charge in [0.05, 0.1) is 18.5 Å². The fraction of sp³-hybridized carbons (Fsp3) is 0.353. The summed E-state index contributed by atoms with van der Waals surface area (Å²) in [5.74, 6) is 2.10. The first-order valence-electron chi connectivity index (χ1n) is 7.79. The third-order valence-corrected chi connectivity index (χ3v) is 4.01. The maximum atomic E-state index is 9.97. The normalized spacial score (nSPS) is 15.1. The third-order valence-electron chi connectivity index (χ3n) is 4.01. The lowest BCUT2D eigenvalue weighted by Crippen LogP contribution is -2.52. The molecule has 0 atom stereocenters. The van der Waals surface area contributed by atoms with Crippen LogP contribution in [0.2, 0.25) is 0 Å². The van der Waals surface area contributed by atoms with Crippen LogP contribution in [0.1, 0.15) is 5.76 Å². The van der Waals surface area contributed by atoms with Gasteiger partial charge in [0.2, 0.25) is 0 Å². The van der Waals surface area contributed by atoms with E-state index in [1.165, 1.54) is 0 Å². The van der Waals surface area contributed by atoms with Crippen molar-refractivity contribution in [2.45, 2.75) is 6.54 Å². The highest BCUT2D eigenvalue weighted by Crippen LogP contribution is 2.27. The van der Waals surface area contributed by atoms with E-state index in [-0.39, 0.29) is 24.0 Å². The van der Waals surface area contributed by atoms with E-state index in [1.807, 2.05) is 30.3 Å². The summed E-state index contributed by atoms with van der Waals surface area (Å²) in [7, 11) is 1.79. The largest absolute Gasteiger partial charge is 0.506 e. The zero-order valence-electron chi connectivity index (χ0n) is 13.7. The van der Waals surface area contributed by atoms with E-state index in [4.69, 9.17) is 4.42 Å². The van der Waals surface area contributed by atoms with Gasteiger partial charge in [-0.1, -0.05) is 12.1 Å². The number of nitrogens with zero attached hydrogens (tertiary/aromatic N) is 3. The first-order chi connectivity index (χ1) is 11.3. The molecule has 0 unspecified atom stereocenters. The zero-order chi connectivity index (χ0) is 16.1. The Morgan fingerprint density at radius 2 is 1.92 bits per heavy atom. The molecule has 6 nitrogen and oxygen atoms in total. The second kappa shape index (κ2) is 8.81. The second-order valence-corrected chi connectivity index (χ2v) is 5.44. The number of benzene rings is 1. The van der Waals surface area contributed by atoms with E-state index >= 15 is 0 Å². The SMILES string of the molecule is CN=C(NCc1ccco1)N1CCN(c2ccccc2O)CC1.I. The summed E-state index contributed by atoms with van der Waals surface area (Å²) in [6.45, 7) is 4.02. The number of piperazine rings is 1. The minimum Gasteiger partial charge on any atom is -0.506 e. The molecule has 2 aromatic rings. The molecule has 1 saturated heterocycles. The predicted octanol–water partition coefficient (Wildman–Crippen LogP) is 2.50. The van der Waals surface area contributed by atoms with E-state index in [0.717, 1.165) is 43.6 Å². The number of guanidine groups is 1. The molecule has 1 aliphatic heterocycles. The Labute approximate surface area is 159 Å². The smallest absolute Gasteiger partial charge is 0.194 e. The van der Waals surface area contributed by atoms with Crippen molar-refractivity contribution in [3.05, 3.63) is 48.4 Å². The number of furan rings is 1. The van der Waals surface area contributed by atoms with Crippen molar-refractivity contribution >= 4 is 35.6 Å². The predicted molar refractivity (Wildman–Crippen MR) is 106 cm³/mol. The van der Waals surface area contributed by atoms with Crippen LogP contribution in [0.15, 0.2) is 52.1 Å². The molecule has 0 saturated carbocycles. The lowest BCUT2D eigenvalue weighted by Gasteiger charge is -2.37. The van der Waals surface area contributed by atoms with Crippen LogP contribution in [0, 0.1) is 0 Å². The fourth-order valence-corrected chi connectivity index (χ4v) is 2.80. The summed E-state index contributed by atoms with van der Waals surface area (Å²) in [5.41, 5.74) is 0.894. The Kier molecular flexibility index (Phi) is 6.77. The van der Waals surface area contributed by atoms with Gasteiger partial charge in [-0.2, -0.15) is 0 Å². The number of anilines is 1. The molecule has 24 heavy (non-hydrogen) atoms. The average Bonchev–Trinajstić information content (AvgIpc) is 3.10. The molecule has 1 aromatic carbocycles. The maximum absolute atomic E-state index is 9.97. The average molecular weight is 442 g/mol. The number of halogens is 1. The number of para-hydroxylation sites is 2. The number of rotatable bonds is 3. The minimum atomic E-state index is 0. The molecule has 3 rings (SSSR count). The molecule has 0 spiro atoms. The number of phenolic OH excluding ortho intramolecular Hbond substituents is 1. The van der Waals surface area contributed by atoms with Gasteiger partial charge < -0.3 is 24.6 Å². The van der Waals surface area contributed by atoms with E-state index in [1.54, 1.807) is 19.4 Å². The lowest BCUT2D eigenvalue weighted by atomic mass is 10.2. The van der Waals surface area contributed by atoms with Crippen molar-refractivity contribution in [1.82, 2.24) is 10.2 Å². The molecular weight excluding hydrogens is 419 g/mol. The standard InChI is InChI=1S/C17H22N4O2.HI/c1-18-17(19-13-14-5-4-12-23-14)21-10-8-20(9-11-21)15-6-2-3-7-16(15)22;/h2-7,12,22H,8-11,13H2,1H3,(H,18,19);1H. The topological polar surface area (TPSA) is 64.2 Å². The van der Waals surface area contributed by atoms with Crippen LogP contribution < -0.4 is 10.2 Å². The molecule has 0 amide bonds. The Morgan fingerprint density at radius 3 is 2.54 bits per heavy atom. The highest BCUT2D eigenvalue weighted by molar-refractivity contribution is 14.0. The molecule has 7 heteroatoms. The monoisotopic (exact) mass is 442 g/mol. The van der Waals surface area contributed by atoms with E-state index in [2.05, 4.69) is 20.1 Å². The van der Waals surface area contributed by atoms with Gasteiger partial charge in [-0.15, -0.1) is 24.0 Å². The van der Waals surface area contributed by atoms with Crippen LogP contribution in [0.3, 0.4) is 0 Å². The highest BCUT2D eigenvalue weighted by atomic mass is 127. The Morgan fingerprint density at radius 1 is 1.17 bits per heavy atom. The molecule has 0 aliphatic carbocycles. The zero-order valence-corrected chi connectivity index (χ0v) is 16.0. The minimum absolute atomic E-state index is 0. The van der Waals surface area contributed by atoms with Gasteiger partial charge in [-0.05, 0) is 24.3 Å². The summed E-state index contributed by atoms with van der Waals surface area (Å²) in [5, 5.41) is 13.3. The fourth-order valence-electron chi connectivity index (χ4n) is 2.80.